The number of nitrogens with zero attached hydrogens (tertiary/aromatic N) is 5. The molecule has 0 spiro atoms. The minimum absolute atomic E-state index is 0.249. The standard InChI is InChI=1S/C19H15N7O3/c1-2-29-18(27)12-7-11(8-20-12)26-17-13(23-19(26)28)9-22-16(24-17)14-10-21-15-5-3-4-6-25(14)15/h3-10,20H,2H2,1H3,(H,23,28). The van der Waals surface area contributed by atoms with E-state index in [0.29, 0.717) is 28.4 Å². The van der Waals surface area contributed by atoms with Gasteiger partial charge in [-0.05, 0) is 25.1 Å². The summed E-state index contributed by atoms with van der Waals surface area (Å²) in [5.41, 5.74) is 2.66. The Balaban J connectivity index is 1.66. The fourth-order valence-corrected chi connectivity index (χ4v) is 3.20. The fraction of sp³-hybridized carbons (Fsp3) is 0.105. The molecule has 0 saturated carbocycles. The van der Waals surface area contributed by atoms with Gasteiger partial charge in [-0.15, -0.1) is 0 Å². The smallest absolute Gasteiger partial charge is 0.354 e. The van der Waals surface area contributed by atoms with E-state index in [9.17, 15) is 9.59 Å². The number of carbonyl (C=O) groups is 1. The van der Waals surface area contributed by atoms with Crippen molar-refractivity contribution >= 4 is 22.8 Å². The van der Waals surface area contributed by atoms with Gasteiger partial charge in [0.05, 0.1) is 24.7 Å². The van der Waals surface area contributed by atoms with Crippen molar-refractivity contribution < 1.29 is 9.53 Å². The van der Waals surface area contributed by atoms with Crippen LogP contribution in [0.3, 0.4) is 0 Å². The molecule has 144 valence electrons. The Bertz CT molecular complexity index is 1420. The quantitative estimate of drug-likeness (QED) is 0.453. The molecule has 5 heterocycles. The zero-order valence-electron chi connectivity index (χ0n) is 15.3. The highest BCUT2D eigenvalue weighted by atomic mass is 16.5. The molecule has 0 aliphatic heterocycles. The summed E-state index contributed by atoms with van der Waals surface area (Å²) < 4.78 is 8.23. The molecule has 0 aromatic carbocycles. The van der Waals surface area contributed by atoms with E-state index in [0.717, 1.165) is 5.65 Å². The zero-order chi connectivity index (χ0) is 20.0. The lowest BCUT2D eigenvalue weighted by Gasteiger charge is -2.02. The number of ether oxygens (including phenoxy) is 1. The van der Waals surface area contributed by atoms with Crippen molar-refractivity contribution in [3.63, 3.8) is 0 Å². The molecule has 0 unspecified atom stereocenters. The molecule has 2 N–H and O–H groups in total. The number of hydrogen-bond donors (Lipinski definition) is 2. The summed E-state index contributed by atoms with van der Waals surface area (Å²) in [5, 5.41) is 0. The minimum Gasteiger partial charge on any atom is -0.461 e. The van der Waals surface area contributed by atoms with Crippen LogP contribution in [0.25, 0.3) is 34.0 Å². The maximum Gasteiger partial charge on any atom is 0.354 e. The van der Waals surface area contributed by atoms with Crippen LogP contribution in [0.1, 0.15) is 17.4 Å². The molecule has 5 aromatic rings. The third-order valence-corrected chi connectivity index (χ3v) is 4.49. The minimum atomic E-state index is -0.493. The summed E-state index contributed by atoms with van der Waals surface area (Å²) in [6.07, 6.45) is 6.65. The second-order valence-electron chi connectivity index (χ2n) is 6.26. The van der Waals surface area contributed by atoms with E-state index in [1.165, 1.54) is 4.57 Å². The molecule has 0 aliphatic carbocycles. The van der Waals surface area contributed by atoms with Crippen LogP contribution in [-0.4, -0.2) is 46.5 Å². The number of esters is 1. The van der Waals surface area contributed by atoms with Gasteiger partial charge in [0.1, 0.15) is 22.6 Å². The number of aromatic amines is 2. The third kappa shape index (κ3) is 2.69. The highest BCUT2D eigenvalue weighted by Gasteiger charge is 2.17. The van der Waals surface area contributed by atoms with Crippen molar-refractivity contribution in [3.8, 4) is 17.2 Å². The van der Waals surface area contributed by atoms with Crippen molar-refractivity contribution in [3.05, 3.63) is 65.2 Å². The number of nitrogens with one attached hydrogen (secondary N) is 2. The van der Waals surface area contributed by atoms with Crippen LogP contribution in [0, 0.1) is 0 Å². The molecule has 0 radical (unpaired) electrons. The molecule has 0 fully saturated rings. The predicted molar refractivity (Wildman–Crippen MR) is 104 cm³/mol. The summed E-state index contributed by atoms with van der Waals surface area (Å²) in [6.45, 7) is 1.99. The lowest BCUT2D eigenvalue weighted by Crippen LogP contribution is -2.14. The average Bonchev–Trinajstić information content (AvgIpc) is 3.43. The number of pyridine rings is 1. The number of aromatic nitrogens is 7. The van der Waals surface area contributed by atoms with E-state index in [4.69, 9.17) is 4.74 Å². The van der Waals surface area contributed by atoms with Gasteiger partial charge in [0.2, 0.25) is 0 Å². The van der Waals surface area contributed by atoms with Crippen LogP contribution in [-0.2, 0) is 4.74 Å². The van der Waals surface area contributed by atoms with Crippen LogP contribution in [0.4, 0.5) is 0 Å². The van der Waals surface area contributed by atoms with Gasteiger partial charge in [-0.1, -0.05) is 6.07 Å². The molecule has 0 amide bonds. The maximum atomic E-state index is 12.5. The van der Waals surface area contributed by atoms with Gasteiger partial charge in [-0.2, -0.15) is 0 Å². The van der Waals surface area contributed by atoms with E-state index in [1.807, 2.05) is 28.8 Å². The highest BCUT2D eigenvalue weighted by Crippen LogP contribution is 2.20. The Kier molecular flexibility index (Phi) is 3.76. The first-order valence-electron chi connectivity index (χ1n) is 8.92. The largest absolute Gasteiger partial charge is 0.461 e. The number of rotatable bonds is 4. The van der Waals surface area contributed by atoms with Crippen molar-refractivity contribution in [2.75, 3.05) is 6.61 Å². The molecule has 29 heavy (non-hydrogen) atoms. The maximum absolute atomic E-state index is 12.5. The van der Waals surface area contributed by atoms with Crippen LogP contribution >= 0.6 is 0 Å². The van der Waals surface area contributed by atoms with Crippen LogP contribution in [0.5, 0.6) is 0 Å². The van der Waals surface area contributed by atoms with Gasteiger partial charge in [0, 0.05) is 12.4 Å². The van der Waals surface area contributed by atoms with Crippen LogP contribution in [0.2, 0.25) is 0 Å². The van der Waals surface area contributed by atoms with Gasteiger partial charge in [-0.25, -0.2) is 29.1 Å². The zero-order valence-corrected chi connectivity index (χ0v) is 15.3. The molecule has 0 atom stereocenters. The van der Waals surface area contributed by atoms with E-state index in [-0.39, 0.29) is 18.0 Å². The average molecular weight is 389 g/mol. The SMILES string of the molecule is CCOC(=O)c1cc(-n2c(=O)[nH]c3cnc(-c4cnc5ccccn45)nc32)c[nH]1. The van der Waals surface area contributed by atoms with Crippen molar-refractivity contribution in [2.45, 2.75) is 6.92 Å². The van der Waals surface area contributed by atoms with Crippen molar-refractivity contribution in [1.82, 2.24) is 33.9 Å². The Morgan fingerprint density at radius 1 is 1.24 bits per heavy atom. The van der Waals surface area contributed by atoms with E-state index in [1.54, 1.807) is 31.6 Å². The molecule has 5 rings (SSSR count). The first-order chi connectivity index (χ1) is 14.2. The Morgan fingerprint density at radius 3 is 3.00 bits per heavy atom. The summed E-state index contributed by atoms with van der Waals surface area (Å²) in [6, 6.07) is 7.21. The van der Waals surface area contributed by atoms with Crippen LogP contribution in [0.15, 0.2) is 53.8 Å². The highest BCUT2D eigenvalue weighted by molar-refractivity contribution is 5.88. The van der Waals surface area contributed by atoms with Gasteiger partial charge in [-0.3, -0.25) is 4.40 Å². The molecule has 10 nitrogen and oxygen atoms in total. The fourth-order valence-electron chi connectivity index (χ4n) is 3.20. The Hall–Kier alpha value is -4.21. The van der Waals surface area contributed by atoms with Crippen molar-refractivity contribution in [2.24, 2.45) is 0 Å². The Labute approximate surface area is 162 Å². The Morgan fingerprint density at radius 2 is 2.14 bits per heavy atom. The lowest BCUT2D eigenvalue weighted by molar-refractivity contribution is 0.0520. The number of H-pyrrole nitrogens is 2. The van der Waals surface area contributed by atoms with Gasteiger partial charge in [0.15, 0.2) is 11.5 Å². The van der Waals surface area contributed by atoms with Gasteiger partial charge >= 0.3 is 11.7 Å². The number of hydrogen-bond acceptors (Lipinski definition) is 6. The second kappa shape index (κ2) is 6.44. The summed E-state index contributed by atoms with van der Waals surface area (Å²) in [7, 11) is 0. The number of imidazole rings is 2. The normalized spacial score (nSPS) is 11.3. The monoisotopic (exact) mass is 389 g/mol. The third-order valence-electron chi connectivity index (χ3n) is 4.49. The second-order valence-corrected chi connectivity index (χ2v) is 6.26. The first-order valence-corrected chi connectivity index (χ1v) is 8.92. The van der Waals surface area contributed by atoms with Gasteiger partial charge in [0.25, 0.3) is 0 Å². The molecule has 0 aliphatic rings. The van der Waals surface area contributed by atoms with Gasteiger partial charge < -0.3 is 14.7 Å². The molecule has 0 saturated heterocycles. The lowest BCUT2D eigenvalue weighted by atomic mass is 10.4. The molecule has 0 bridgehead atoms. The number of fused-ring (bicyclic) bond motifs is 2. The summed E-state index contributed by atoms with van der Waals surface area (Å²) >= 11 is 0. The van der Waals surface area contributed by atoms with Crippen LogP contribution < -0.4 is 5.69 Å². The summed E-state index contributed by atoms with van der Waals surface area (Å²) in [5.74, 6) is -0.0715. The summed E-state index contributed by atoms with van der Waals surface area (Å²) in [4.78, 5) is 43.3. The van der Waals surface area contributed by atoms with E-state index in [2.05, 4.69) is 24.9 Å². The predicted octanol–water partition coefficient (Wildman–Crippen LogP) is 1.93. The topological polar surface area (TPSA) is 123 Å². The molecular formula is C19H15N7O3. The first kappa shape index (κ1) is 16.9. The molecule has 10 heteroatoms. The number of carbonyl (C=O) groups excluding carboxylic acids is 1. The van der Waals surface area contributed by atoms with E-state index >= 15 is 0 Å². The molecule has 5 aromatic heterocycles. The van der Waals surface area contributed by atoms with Crippen molar-refractivity contribution in [1.29, 1.82) is 0 Å². The van der Waals surface area contributed by atoms with E-state index < -0.39 is 5.97 Å². The molecular weight excluding hydrogens is 374 g/mol.